The van der Waals surface area contributed by atoms with Gasteiger partial charge in [0, 0.05) is 18.1 Å². The third-order valence-electron chi connectivity index (χ3n) is 5.41. The third kappa shape index (κ3) is 3.98. The Balaban J connectivity index is 2.03. The number of primary amides is 1. The van der Waals surface area contributed by atoms with Crippen LogP contribution in [0.5, 0.6) is 0 Å². The monoisotopic (exact) mass is 295 g/mol. The Kier molecular flexibility index (Phi) is 5.67. The summed E-state index contributed by atoms with van der Waals surface area (Å²) in [6.07, 6.45) is 8.92. The van der Waals surface area contributed by atoms with Gasteiger partial charge >= 0.3 is 0 Å². The van der Waals surface area contributed by atoms with Crippen molar-refractivity contribution >= 4 is 5.91 Å². The number of nitrogens with one attached hydrogen (secondary N) is 1. The van der Waals surface area contributed by atoms with E-state index in [0.29, 0.717) is 18.1 Å². The number of amides is 1. The van der Waals surface area contributed by atoms with Gasteiger partial charge in [-0.05, 0) is 58.4 Å². The van der Waals surface area contributed by atoms with Crippen molar-refractivity contribution in [3.8, 4) is 0 Å². The van der Waals surface area contributed by atoms with Gasteiger partial charge in [0.15, 0.2) is 0 Å². The molecule has 122 valence electrons. The van der Waals surface area contributed by atoms with Gasteiger partial charge in [-0.2, -0.15) is 0 Å². The normalized spacial score (nSPS) is 30.8. The van der Waals surface area contributed by atoms with Gasteiger partial charge in [0.05, 0.1) is 5.54 Å². The molecule has 4 heteroatoms. The maximum atomic E-state index is 12.0. The van der Waals surface area contributed by atoms with Gasteiger partial charge in [0.25, 0.3) is 0 Å². The molecule has 0 radical (unpaired) electrons. The molecule has 0 aromatic carbocycles. The van der Waals surface area contributed by atoms with E-state index in [9.17, 15) is 4.79 Å². The van der Waals surface area contributed by atoms with Gasteiger partial charge in [0.1, 0.15) is 0 Å². The van der Waals surface area contributed by atoms with Crippen molar-refractivity contribution < 1.29 is 4.79 Å². The summed E-state index contributed by atoms with van der Waals surface area (Å²) >= 11 is 0. The molecule has 0 bridgehead atoms. The van der Waals surface area contributed by atoms with Crippen LogP contribution >= 0.6 is 0 Å². The highest BCUT2D eigenvalue weighted by Gasteiger charge is 2.48. The van der Waals surface area contributed by atoms with Crippen molar-refractivity contribution in [1.82, 2.24) is 10.2 Å². The minimum Gasteiger partial charge on any atom is -0.368 e. The standard InChI is InChI=1S/C17H33N3O/c1-4-6-11-20(13(3)5-2)15-9-10-17(12-15,16(18)21)19-14-7-8-14/h13-15,19H,4-12H2,1-3H3,(H2,18,21). The Labute approximate surface area is 129 Å². The van der Waals surface area contributed by atoms with Gasteiger partial charge in [-0.3, -0.25) is 9.69 Å². The maximum absolute atomic E-state index is 12.0. The molecule has 2 rings (SSSR count). The predicted molar refractivity (Wildman–Crippen MR) is 87.1 cm³/mol. The highest BCUT2D eigenvalue weighted by atomic mass is 16.1. The van der Waals surface area contributed by atoms with Gasteiger partial charge in [0.2, 0.25) is 5.91 Å². The topological polar surface area (TPSA) is 58.4 Å². The highest BCUT2D eigenvalue weighted by Crippen LogP contribution is 2.37. The number of hydrogen-bond acceptors (Lipinski definition) is 3. The molecule has 2 fully saturated rings. The molecule has 21 heavy (non-hydrogen) atoms. The lowest BCUT2D eigenvalue weighted by Crippen LogP contribution is -2.55. The summed E-state index contributed by atoms with van der Waals surface area (Å²) in [5.41, 5.74) is 5.32. The summed E-state index contributed by atoms with van der Waals surface area (Å²) in [5.74, 6) is -0.142. The van der Waals surface area contributed by atoms with Crippen LogP contribution in [0.2, 0.25) is 0 Å². The predicted octanol–water partition coefficient (Wildman–Crippen LogP) is 2.42. The van der Waals surface area contributed by atoms with Crippen molar-refractivity contribution in [1.29, 1.82) is 0 Å². The fourth-order valence-electron chi connectivity index (χ4n) is 3.68. The van der Waals surface area contributed by atoms with Crippen LogP contribution in [-0.2, 0) is 4.79 Å². The zero-order valence-corrected chi connectivity index (χ0v) is 14.0. The lowest BCUT2D eigenvalue weighted by molar-refractivity contribution is -0.124. The molecule has 2 aliphatic carbocycles. The van der Waals surface area contributed by atoms with E-state index in [0.717, 1.165) is 25.8 Å². The molecule has 4 nitrogen and oxygen atoms in total. The Morgan fingerprint density at radius 3 is 2.62 bits per heavy atom. The molecular formula is C17H33N3O. The Morgan fingerprint density at radius 2 is 2.10 bits per heavy atom. The number of nitrogens with zero attached hydrogens (tertiary/aromatic N) is 1. The second-order valence-corrected chi connectivity index (χ2v) is 7.11. The van der Waals surface area contributed by atoms with E-state index in [1.54, 1.807) is 0 Å². The van der Waals surface area contributed by atoms with Crippen LogP contribution in [0.1, 0.15) is 72.1 Å². The summed E-state index contributed by atoms with van der Waals surface area (Å²) in [7, 11) is 0. The Hall–Kier alpha value is -0.610. The van der Waals surface area contributed by atoms with E-state index in [-0.39, 0.29) is 5.91 Å². The van der Waals surface area contributed by atoms with Gasteiger partial charge < -0.3 is 11.1 Å². The number of unbranched alkanes of at least 4 members (excludes halogenated alkanes) is 1. The quantitative estimate of drug-likeness (QED) is 0.687. The van der Waals surface area contributed by atoms with E-state index in [1.807, 2.05) is 0 Å². The summed E-state index contributed by atoms with van der Waals surface area (Å²) in [6.45, 7) is 7.96. The molecule has 0 spiro atoms. The van der Waals surface area contributed by atoms with Crippen LogP contribution in [-0.4, -0.2) is 41.0 Å². The molecule has 0 aromatic rings. The van der Waals surface area contributed by atoms with Crippen molar-refractivity contribution in [2.75, 3.05) is 6.54 Å². The second-order valence-electron chi connectivity index (χ2n) is 7.11. The molecule has 2 aliphatic rings. The first-order valence-electron chi connectivity index (χ1n) is 8.85. The molecule has 0 heterocycles. The highest BCUT2D eigenvalue weighted by molar-refractivity contribution is 5.85. The molecule has 0 aromatic heterocycles. The lowest BCUT2D eigenvalue weighted by Gasteiger charge is -2.35. The number of rotatable bonds is 9. The third-order valence-corrected chi connectivity index (χ3v) is 5.41. The first-order chi connectivity index (χ1) is 10.0. The van der Waals surface area contributed by atoms with Crippen LogP contribution in [0.3, 0.4) is 0 Å². The van der Waals surface area contributed by atoms with Crippen molar-refractivity contribution in [3.05, 3.63) is 0 Å². The van der Waals surface area contributed by atoms with Crippen molar-refractivity contribution in [2.24, 2.45) is 5.73 Å². The average Bonchev–Trinajstić information content (AvgIpc) is 3.17. The van der Waals surface area contributed by atoms with Gasteiger partial charge in [-0.25, -0.2) is 0 Å². The van der Waals surface area contributed by atoms with Crippen molar-refractivity contribution in [2.45, 2.75) is 95.8 Å². The minimum atomic E-state index is -0.441. The van der Waals surface area contributed by atoms with E-state index in [4.69, 9.17) is 5.73 Å². The van der Waals surface area contributed by atoms with E-state index in [1.165, 1.54) is 32.1 Å². The summed E-state index contributed by atoms with van der Waals surface area (Å²) < 4.78 is 0. The van der Waals surface area contributed by atoms with Crippen LogP contribution in [0.15, 0.2) is 0 Å². The Bertz CT molecular complexity index is 356. The summed E-state index contributed by atoms with van der Waals surface area (Å²) in [4.78, 5) is 14.7. The fourth-order valence-corrected chi connectivity index (χ4v) is 3.68. The fraction of sp³-hybridized carbons (Fsp3) is 0.941. The summed E-state index contributed by atoms with van der Waals surface area (Å²) in [5, 5.41) is 3.56. The molecular weight excluding hydrogens is 262 g/mol. The van der Waals surface area contributed by atoms with Gasteiger partial charge in [-0.15, -0.1) is 0 Å². The largest absolute Gasteiger partial charge is 0.368 e. The average molecular weight is 295 g/mol. The number of carbonyl (C=O) groups excluding carboxylic acids is 1. The zero-order valence-electron chi connectivity index (χ0n) is 14.0. The SMILES string of the molecule is CCCCN(C(C)CC)C1CCC(NC2CC2)(C(N)=O)C1. The van der Waals surface area contributed by atoms with Crippen LogP contribution in [0.25, 0.3) is 0 Å². The zero-order chi connectivity index (χ0) is 15.5. The number of hydrogen-bond donors (Lipinski definition) is 2. The van der Waals surface area contributed by atoms with Gasteiger partial charge in [-0.1, -0.05) is 20.3 Å². The molecule has 3 unspecified atom stereocenters. The summed E-state index contributed by atoms with van der Waals surface area (Å²) in [6, 6.07) is 1.63. The molecule has 3 N–H and O–H groups in total. The smallest absolute Gasteiger partial charge is 0.237 e. The van der Waals surface area contributed by atoms with Crippen molar-refractivity contribution in [3.63, 3.8) is 0 Å². The minimum absolute atomic E-state index is 0.142. The Morgan fingerprint density at radius 1 is 1.38 bits per heavy atom. The maximum Gasteiger partial charge on any atom is 0.237 e. The molecule has 3 atom stereocenters. The lowest BCUT2D eigenvalue weighted by atomic mass is 9.95. The number of nitrogens with two attached hydrogens (primary N) is 1. The van der Waals surface area contributed by atoms with E-state index < -0.39 is 5.54 Å². The molecule has 1 amide bonds. The van der Waals surface area contributed by atoms with E-state index in [2.05, 4.69) is 31.0 Å². The second kappa shape index (κ2) is 7.10. The number of carbonyl (C=O) groups is 1. The molecule has 0 saturated heterocycles. The van der Waals surface area contributed by atoms with Crippen LogP contribution in [0.4, 0.5) is 0 Å². The molecule has 2 saturated carbocycles. The van der Waals surface area contributed by atoms with Crippen LogP contribution in [0, 0.1) is 0 Å². The van der Waals surface area contributed by atoms with E-state index >= 15 is 0 Å². The first-order valence-corrected chi connectivity index (χ1v) is 8.85. The van der Waals surface area contributed by atoms with Crippen LogP contribution < -0.4 is 11.1 Å². The first kappa shape index (κ1) is 16.8. The molecule has 0 aliphatic heterocycles.